The highest BCUT2D eigenvalue weighted by molar-refractivity contribution is 5.92. The topological polar surface area (TPSA) is 83.6 Å². The molecule has 1 aromatic heterocycles. The first-order chi connectivity index (χ1) is 8.58. The summed E-state index contributed by atoms with van der Waals surface area (Å²) in [6.45, 7) is 0.400. The minimum atomic E-state index is -0.853. The van der Waals surface area contributed by atoms with E-state index in [0.717, 1.165) is 18.6 Å². The van der Waals surface area contributed by atoms with Gasteiger partial charge in [0, 0.05) is 32.0 Å². The Kier molecular flexibility index (Phi) is 3.64. The van der Waals surface area contributed by atoms with E-state index in [0.29, 0.717) is 24.6 Å². The SMILES string of the molecule is CN(CCCC(=O)O)C(=O)c1cc(C2CC2)on1. The zero-order chi connectivity index (χ0) is 13.1. The van der Waals surface area contributed by atoms with Gasteiger partial charge in [-0.05, 0) is 19.3 Å². The van der Waals surface area contributed by atoms with E-state index in [-0.39, 0.29) is 12.3 Å². The Morgan fingerprint density at radius 1 is 1.56 bits per heavy atom. The Morgan fingerprint density at radius 3 is 2.89 bits per heavy atom. The molecule has 1 aliphatic carbocycles. The molecule has 1 saturated carbocycles. The number of carboxylic acids is 1. The van der Waals surface area contributed by atoms with Crippen molar-refractivity contribution >= 4 is 11.9 Å². The molecule has 0 aliphatic heterocycles. The second-order valence-corrected chi connectivity index (χ2v) is 4.61. The van der Waals surface area contributed by atoms with Crippen LogP contribution in [0.25, 0.3) is 0 Å². The van der Waals surface area contributed by atoms with E-state index in [9.17, 15) is 9.59 Å². The maximum absolute atomic E-state index is 11.9. The van der Waals surface area contributed by atoms with Crippen LogP contribution in [-0.2, 0) is 4.79 Å². The van der Waals surface area contributed by atoms with Crippen LogP contribution in [0, 0.1) is 0 Å². The van der Waals surface area contributed by atoms with Gasteiger partial charge in [-0.15, -0.1) is 0 Å². The summed E-state index contributed by atoms with van der Waals surface area (Å²) in [6.07, 6.45) is 2.68. The number of hydrogen-bond acceptors (Lipinski definition) is 4. The summed E-state index contributed by atoms with van der Waals surface area (Å²) in [6, 6.07) is 1.69. The third-order valence-corrected chi connectivity index (χ3v) is 2.96. The Bertz CT molecular complexity index is 451. The number of hydrogen-bond donors (Lipinski definition) is 1. The molecule has 1 aromatic rings. The molecular formula is C12H16N2O4. The molecular weight excluding hydrogens is 236 g/mol. The predicted molar refractivity (Wildman–Crippen MR) is 62.3 cm³/mol. The maximum atomic E-state index is 11.9. The first-order valence-electron chi connectivity index (χ1n) is 6.02. The van der Waals surface area contributed by atoms with Crippen molar-refractivity contribution < 1.29 is 19.2 Å². The van der Waals surface area contributed by atoms with Crippen LogP contribution in [0.3, 0.4) is 0 Å². The number of aliphatic carboxylic acids is 1. The number of carboxylic acid groups (broad SMARTS) is 1. The molecule has 1 heterocycles. The number of aromatic nitrogens is 1. The quantitative estimate of drug-likeness (QED) is 0.829. The number of carbonyl (C=O) groups is 2. The van der Waals surface area contributed by atoms with Gasteiger partial charge in [0.2, 0.25) is 0 Å². The minimum absolute atomic E-state index is 0.0593. The lowest BCUT2D eigenvalue weighted by molar-refractivity contribution is -0.137. The summed E-state index contributed by atoms with van der Waals surface area (Å²) in [5.41, 5.74) is 0.301. The van der Waals surface area contributed by atoms with Crippen LogP contribution in [0.4, 0.5) is 0 Å². The van der Waals surface area contributed by atoms with Gasteiger partial charge in [-0.2, -0.15) is 0 Å². The third-order valence-electron chi connectivity index (χ3n) is 2.96. The van der Waals surface area contributed by atoms with E-state index >= 15 is 0 Å². The van der Waals surface area contributed by atoms with Crippen molar-refractivity contribution in [2.45, 2.75) is 31.6 Å². The third kappa shape index (κ3) is 3.09. The fourth-order valence-electron chi connectivity index (χ4n) is 1.71. The molecule has 0 atom stereocenters. The molecule has 1 fully saturated rings. The Labute approximate surface area is 105 Å². The van der Waals surface area contributed by atoms with Crippen molar-refractivity contribution in [3.05, 3.63) is 17.5 Å². The van der Waals surface area contributed by atoms with E-state index in [1.165, 1.54) is 4.90 Å². The largest absolute Gasteiger partial charge is 0.481 e. The second kappa shape index (κ2) is 5.20. The lowest BCUT2D eigenvalue weighted by atomic mass is 10.2. The molecule has 0 aromatic carbocycles. The molecule has 2 rings (SSSR count). The summed E-state index contributed by atoms with van der Waals surface area (Å²) >= 11 is 0. The van der Waals surface area contributed by atoms with Crippen LogP contribution >= 0.6 is 0 Å². The number of nitrogens with zero attached hydrogens (tertiary/aromatic N) is 2. The molecule has 1 amide bonds. The maximum Gasteiger partial charge on any atom is 0.303 e. The molecule has 1 aliphatic rings. The van der Waals surface area contributed by atoms with E-state index in [4.69, 9.17) is 9.63 Å². The normalized spacial score (nSPS) is 14.5. The molecule has 98 valence electrons. The average molecular weight is 252 g/mol. The summed E-state index contributed by atoms with van der Waals surface area (Å²) in [7, 11) is 1.63. The van der Waals surface area contributed by atoms with Crippen LogP contribution in [-0.4, -0.2) is 40.6 Å². The van der Waals surface area contributed by atoms with Crippen molar-refractivity contribution in [3.63, 3.8) is 0 Å². The van der Waals surface area contributed by atoms with Crippen LogP contribution in [0.15, 0.2) is 10.6 Å². The molecule has 0 bridgehead atoms. The number of rotatable bonds is 6. The Hall–Kier alpha value is -1.85. The first kappa shape index (κ1) is 12.6. The number of carbonyl (C=O) groups excluding carboxylic acids is 1. The Morgan fingerprint density at radius 2 is 2.28 bits per heavy atom. The molecule has 0 saturated heterocycles. The van der Waals surface area contributed by atoms with Crippen molar-refractivity contribution in [2.24, 2.45) is 0 Å². The monoisotopic (exact) mass is 252 g/mol. The fourth-order valence-corrected chi connectivity index (χ4v) is 1.71. The first-order valence-corrected chi connectivity index (χ1v) is 6.02. The van der Waals surface area contributed by atoms with E-state index in [1.54, 1.807) is 13.1 Å². The van der Waals surface area contributed by atoms with E-state index in [1.807, 2.05) is 0 Å². The summed E-state index contributed by atoms with van der Waals surface area (Å²) in [5, 5.41) is 12.3. The standard InChI is InChI=1S/C12H16N2O4/c1-14(6-2-3-11(15)16)12(17)9-7-10(18-13-9)8-4-5-8/h7-8H,2-6H2,1H3,(H,15,16). The minimum Gasteiger partial charge on any atom is -0.481 e. The van der Waals surface area contributed by atoms with E-state index < -0.39 is 5.97 Å². The van der Waals surface area contributed by atoms with E-state index in [2.05, 4.69) is 5.16 Å². The predicted octanol–water partition coefficient (Wildman–Crippen LogP) is 1.49. The highest BCUT2D eigenvalue weighted by Crippen LogP contribution is 2.40. The van der Waals surface area contributed by atoms with Gasteiger partial charge in [0.15, 0.2) is 5.69 Å². The molecule has 6 nitrogen and oxygen atoms in total. The highest BCUT2D eigenvalue weighted by atomic mass is 16.5. The second-order valence-electron chi connectivity index (χ2n) is 4.61. The van der Waals surface area contributed by atoms with Gasteiger partial charge in [-0.1, -0.05) is 5.16 Å². The summed E-state index contributed by atoms with van der Waals surface area (Å²) in [5.74, 6) is 0.123. The lowest BCUT2D eigenvalue weighted by Crippen LogP contribution is -2.28. The van der Waals surface area contributed by atoms with Gasteiger partial charge >= 0.3 is 5.97 Å². The molecule has 18 heavy (non-hydrogen) atoms. The molecule has 0 unspecified atom stereocenters. The van der Waals surface area contributed by atoms with Crippen LogP contribution in [0.1, 0.15) is 47.8 Å². The summed E-state index contributed by atoms with van der Waals surface area (Å²) < 4.78 is 5.11. The van der Waals surface area contributed by atoms with Gasteiger partial charge in [0.25, 0.3) is 5.91 Å². The van der Waals surface area contributed by atoms with Crippen molar-refractivity contribution in [3.8, 4) is 0 Å². The fraction of sp³-hybridized carbons (Fsp3) is 0.583. The van der Waals surface area contributed by atoms with Crippen LogP contribution in [0.2, 0.25) is 0 Å². The summed E-state index contributed by atoms with van der Waals surface area (Å²) in [4.78, 5) is 23.8. The van der Waals surface area contributed by atoms with Crippen LogP contribution < -0.4 is 0 Å². The van der Waals surface area contributed by atoms with Crippen molar-refractivity contribution in [1.29, 1.82) is 0 Å². The zero-order valence-electron chi connectivity index (χ0n) is 10.3. The zero-order valence-corrected chi connectivity index (χ0v) is 10.3. The molecule has 0 spiro atoms. The highest BCUT2D eigenvalue weighted by Gasteiger charge is 2.29. The van der Waals surface area contributed by atoms with Gasteiger partial charge < -0.3 is 14.5 Å². The van der Waals surface area contributed by atoms with Gasteiger partial charge in [-0.3, -0.25) is 9.59 Å². The van der Waals surface area contributed by atoms with Gasteiger partial charge in [0.1, 0.15) is 5.76 Å². The molecule has 1 N–H and O–H groups in total. The molecule has 0 radical (unpaired) electrons. The molecule has 6 heteroatoms. The van der Waals surface area contributed by atoms with Crippen molar-refractivity contribution in [2.75, 3.05) is 13.6 Å². The number of amides is 1. The average Bonchev–Trinajstić information content (AvgIpc) is 3.06. The Balaban J connectivity index is 1.86. The van der Waals surface area contributed by atoms with Crippen molar-refractivity contribution in [1.82, 2.24) is 10.1 Å². The lowest BCUT2D eigenvalue weighted by Gasteiger charge is -2.14. The smallest absolute Gasteiger partial charge is 0.303 e. The van der Waals surface area contributed by atoms with Gasteiger partial charge in [-0.25, -0.2) is 0 Å². The van der Waals surface area contributed by atoms with Crippen LogP contribution in [0.5, 0.6) is 0 Å². The van der Waals surface area contributed by atoms with Gasteiger partial charge in [0.05, 0.1) is 0 Å².